The molecule has 2 atom stereocenters. The molecule has 1 saturated heterocycles. The van der Waals surface area contributed by atoms with Gasteiger partial charge in [0.25, 0.3) is 0 Å². The number of carbonyl (C=O) groups excluding carboxylic acids is 1. The van der Waals surface area contributed by atoms with Crippen LogP contribution in [0.2, 0.25) is 0 Å². The van der Waals surface area contributed by atoms with Gasteiger partial charge in [0.2, 0.25) is 0 Å². The highest BCUT2D eigenvalue weighted by Crippen LogP contribution is 2.65. The fraction of sp³-hybridized carbons (Fsp3) is 0.958. The van der Waals surface area contributed by atoms with E-state index in [1.807, 2.05) is 0 Å². The Labute approximate surface area is 162 Å². The Bertz CT molecular complexity index is 596. The molecule has 3 heteroatoms. The van der Waals surface area contributed by atoms with E-state index in [4.69, 9.17) is 9.47 Å². The third kappa shape index (κ3) is 2.39. The molecular formula is C24H34O3. The summed E-state index contributed by atoms with van der Waals surface area (Å²) in [6.45, 7) is 0.535. The first-order valence-corrected chi connectivity index (χ1v) is 11.9. The van der Waals surface area contributed by atoms with Gasteiger partial charge in [0.1, 0.15) is 12.7 Å². The van der Waals surface area contributed by atoms with Crippen LogP contribution in [0.25, 0.3) is 0 Å². The lowest BCUT2D eigenvalue weighted by Crippen LogP contribution is -2.51. The van der Waals surface area contributed by atoms with Gasteiger partial charge >= 0.3 is 5.97 Å². The van der Waals surface area contributed by atoms with Crippen molar-refractivity contribution in [3.8, 4) is 0 Å². The fourth-order valence-electron chi connectivity index (χ4n) is 10.0. The van der Waals surface area contributed by atoms with Gasteiger partial charge < -0.3 is 9.47 Å². The average molecular weight is 371 g/mol. The highest BCUT2D eigenvalue weighted by molar-refractivity contribution is 5.77. The van der Waals surface area contributed by atoms with Gasteiger partial charge in [0.15, 0.2) is 0 Å². The van der Waals surface area contributed by atoms with E-state index in [2.05, 4.69) is 0 Å². The summed E-state index contributed by atoms with van der Waals surface area (Å²) in [6, 6.07) is 0. The van der Waals surface area contributed by atoms with Crippen LogP contribution in [0, 0.1) is 46.3 Å². The van der Waals surface area contributed by atoms with Gasteiger partial charge in [-0.1, -0.05) is 0 Å². The molecule has 0 aromatic heterocycles. The molecule has 148 valence electrons. The predicted octanol–water partition coefficient (Wildman–Crippen LogP) is 4.73. The molecule has 1 aliphatic heterocycles. The topological polar surface area (TPSA) is 38.8 Å². The number of rotatable bonds is 4. The summed E-state index contributed by atoms with van der Waals surface area (Å²) in [5, 5.41) is 0. The van der Waals surface area contributed by atoms with Crippen molar-refractivity contribution < 1.29 is 14.3 Å². The minimum Gasteiger partial charge on any atom is -0.462 e. The zero-order valence-electron chi connectivity index (χ0n) is 16.5. The molecule has 0 amide bonds. The molecule has 27 heavy (non-hydrogen) atoms. The van der Waals surface area contributed by atoms with Crippen molar-refractivity contribution in [3.63, 3.8) is 0 Å². The van der Waals surface area contributed by atoms with Crippen LogP contribution in [0.15, 0.2) is 0 Å². The van der Waals surface area contributed by atoms with E-state index in [0.717, 1.165) is 54.8 Å². The Balaban J connectivity index is 1.00. The van der Waals surface area contributed by atoms with E-state index in [1.54, 1.807) is 0 Å². The third-order valence-electron chi connectivity index (χ3n) is 10.1. The monoisotopic (exact) mass is 370 g/mol. The number of hydrogen-bond donors (Lipinski definition) is 0. The van der Waals surface area contributed by atoms with E-state index >= 15 is 0 Å². The molecule has 2 unspecified atom stereocenters. The Hall–Kier alpha value is -0.570. The molecule has 0 N–H and O–H groups in total. The summed E-state index contributed by atoms with van der Waals surface area (Å²) in [6.07, 6.45) is 16.7. The number of ether oxygens (including phenoxy) is 2. The SMILES string of the molecule is O=C(OCC1OC1C12CC3CC(CC(C3)C1)C2)C12CC3CC(CC(C3)C1)C2. The van der Waals surface area contributed by atoms with E-state index in [0.29, 0.717) is 18.1 Å². The second-order valence-corrected chi connectivity index (χ2v) is 12.2. The summed E-state index contributed by atoms with van der Waals surface area (Å²) in [5.41, 5.74) is 0.340. The van der Waals surface area contributed by atoms with Crippen LogP contribution in [-0.4, -0.2) is 24.8 Å². The maximum absolute atomic E-state index is 13.1. The summed E-state index contributed by atoms with van der Waals surface area (Å²) in [5.74, 6) is 5.46. The van der Waals surface area contributed by atoms with Crippen molar-refractivity contribution in [2.45, 2.75) is 89.3 Å². The first kappa shape index (κ1) is 16.3. The zero-order valence-corrected chi connectivity index (χ0v) is 16.5. The normalized spacial score (nSPS) is 59.3. The highest BCUT2D eigenvalue weighted by atomic mass is 16.6. The van der Waals surface area contributed by atoms with Gasteiger partial charge in [0.05, 0.1) is 11.5 Å². The molecule has 3 nitrogen and oxygen atoms in total. The molecular weight excluding hydrogens is 336 g/mol. The lowest BCUT2D eigenvalue weighted by atomic mass is 9.48. The summed E-state index contributed by atoms with van der Waals surface area (Å²) < 4.78 is 12.2. The summed E-state index contributed by atoms with van der Waals surface area (Å²) in [7, 11) is 0. The average Bonchev–Trinajstić information content (AvgIpc) is 3.38. The third-order valence-corrected chi connectivity index (χ3v) is 10.1. The van der Waals surface area contributed by atoms with E-state index in [-0.39, 0.29) is 17.5 Å². The number of hydrogen-bond acceptors (Lipinski definition) is 3. The van der Waals surface area contributed by atoms with Gasteiger partial charge in [-0.15, -0.1) is 0 Å². The van der Waals surface area contributed by atoms with Crippen molar-refractivity contribution in [1.29, 1.82) is 0 Å². The summed E-state index contributed by atoms with van der Waals surface area (Å²) >= 11 is 0. The molecule has 0 aromatic carbocycles. The first-order chi connectivity index (χ1) is 13.1. The van der Waals surface area contributed by atoms with Crippen LogP contribution in [0.1, 0.15) is 77.0 Å². The molecule has 1 heterocycles. The summed E-state index contributed by atoms with van der Waals surface area (Å²) in [4.78, 5) is 13.1. The molecule has 9 aliphatic rings. The number of carbonyl (C=O) groups is 1. The number of epoxide rings is 1. The Morgan fingerprint density at radius 1 is 0.741 bits per heavy atom. The lowest BCUT2D eigenvalue weighted by molar-refractivity contribution is -0.172. The quantitative estimate of drug-likeness (QED) is 0.530. The van der Waals surface area contributed by atoms with E-state index < -0.39 is 0 Å². The van der Waals surface area contributed by atoms with Crippen LogP contribution in [0.4, 0.5) is 0 Å². The van der Waals surface area contributed by atoms with E-state index in [9.17, 15) is 4.79 Å². The van der Waals surface area contributed by atoms with Crippen molar-refractivity contribution in [3.05, 3.63) is 0 Å². The van der Waals surface area contributed by atoms with Crippen LogP contribution in [-0.2, 0) is 14.3 Å². The minimum atomic E-state index is -0.111. The fourth-order valence-corrected chi connectivity index (χ4v) is 10.0. The smallest absolute Gasteiger partial charge is 0.312 e. The standard InChI is InChI=1S/C24H34O3/c25-22(24-10-17-4-18(11-24)6-19(5-17)12-24)26-13-20-21(27-20)23-7-14-1-15(8-23)3-16(2-14)9-23/h14-21H,1-13H2. The van der Waals surface area contributed by atoms with Crippen LogP contribution < -0.4 is 0 Å². The number of esters is 1. The molecule has 0 aromatic rings. The zero-order chi connectivity index (χ0) is 17.8. The second-order valence-electron chi connectivity index (χ2n) is 12.2. The minimum absolute atomic E-state index is 0.111. The largest absolute Gasteiger partial charge is 0.462 e. The molecule has 9 rings (SSSR count). The lowest BCUT2D eigenvalue weighted by Gasteiger charge is -2.56. The molecule has 0 spiro atoms. The van der Waals surface area contributed by atoms with Gasteiger partial charge in [-0.25, -0.2) is 0 Å². The van der Waals surface area contributed by atoms with Gasteiger partial charge in [0, 0.05) is 5.41 Å². The van der Waals surface area contributed by atoms with Gasteiger partial charge in [-0.05, 0) is 113 Å². The van der Waals surface area contributed by atoms with E-state index in [1.165, 1.54) is 57.8 Å². The van der Waals surface area contributed by atoms with Crippen molar-refractivity contribution >= 4 is 5.97 Å². The molecule has 0 radical (unpaired) electrons. The van der Waals surface area contributed by atoms with Gasteiger partial charge in [-0.2, -0.15) is 0 Å². The highest BCUT2D eigenvalue weighted by Gasteiger charge is 2.62. The Morgan fingerprint density at radius 2 is 1.19 bits per heavy atom. The maximum atomic E-state index is 13.1. The molecule has 8 bridgehead atoms. The van der Waals surface area contributed by atoms with Crippen molar-refractivity contribution in [2.24, 2.45) is 46.3 Å². The second kappa shape index (κ2) is 5.32. The van der Waals surface area contributed by atoms with Crippen LogP contribution in [0.3, 0.4) is 0 Å². The van der Waals surface area contributed by atoms with Crippen molar-refractivity contribution in [2.75, 3.05) is 6.61 Å². The molecule has 8 aliphatic carbocycles. The van der Waals surface area contributed by atoms with Gasteiger partial charge in [-0.3, -0.25) is 4.79 Å². The van der Waals surface area contributed by atoms with Crippen LogP contribution >= 0.6 is 0 Å². The Morgan fingerprint density at radius 3 is 1.67 bits per heavy atom. The maximum Gasteiger partial charge on any atom is 0.312 e. The predicted molar refractivity (Wildman–Crippen MR) is 101 cm³/mol. The first-order valence-electron chi connectivity index (χ1n) is 11.9. The van der Waals surface area contributed by atoms with Crippen molar-refractivity contribution in [1.82, 2.24) is 0 Å². The molecule has 8 saturated carbocycles. The van der Waals surface area contributed by atoms with Crippen LogP contribution in [0.5, 0.6) is 0 Å². The Kier molecular flexibility index (Phi) is 3.20. The molecule has 9 fully saturated rings.